The number of nitrogens with one attached hydrogen (secondary N) is 2. The van der Waals surface area contributed by atoms with Crippen molar-refractivity contribution in [2.45, 2.75) is 6.04 Å². The first-order valence-electron chi connectivity index (χ1n) is 6.02. The van der Waals surface area contributed by atoms with Gasteiger partial charge >= 0.3 is 0 Å². The van der Waals surface area contributed by atoms with Crippen LogP contribution in [0.15, 0.2) is 24.4 Å². The van der Waals surface area contributed by atoms with Crippen LogP contribution in [0.2, 0.25) is 5.02 Å². The molecule has 104 valence electrons. The number of hydrogen-bond donors (Lipinski definition) is 2. The van der Waals surface area contributed by atoms with Gasteiger partial charge in [-0.3, -0.25) is 4.79 Å². The number of rotatable bonds is 3. The van der Waals surface area contributed by atoms with E-state index in [2.05, 4.69) is 20.9 Å². The normalized spacial score (nSPS) is 14.9. The minimum atomic E-state index is -0.462. The quantitative estimate of drug-likeness (QED) is 0.899. The number of aromatic nitrogens is 3. The highest BCUT2D eigenvalue weighted by Gasteiger charge is 2.21. The van der Waals surface area contributed by atoms with E-state index in [-0.39, 0.29) is 16.8 Å². The molecule has 6 nitrogen and oxygen atoms in total. The summed E-state index contributed by atoms with van der Waals surface area (Å²) in [4.78, 5) is 12.0. The summed E-state index contributed by atoms with van der Waals surface area (Å²) in [6.07, 6.45) is 1.58. The summed E-state index contributed by atoms with van der Waals surface area (Å²) >= 11 is 5.84. The second-order valence-corrected chi connectivity index (χ2v) is 4.88. The van der Waals surface area contributed by atoms with E-state index >= 15 is 0 Å². The van der Waals surface area contributed by atoms with Gasteiger partial charge in [-0.1, -0.05) is 16.8 Å². The molecule has 0 unspecified atom stereocenters. The van der Waals surface area contributed by atoms with Gasteiger partial charge in [0.2, 0.25) is 0 Å². The van der Waals surface area contributed by atoms with Gasteiger partial charge in [0, 0.05) is 13.1 Å². The van der Waals surface area contributed by atoms with Gasteiger partial charge in [0.15, 0.2) is 5.69 Å². The molecule has 0 saturated carbocycles. The SMILES string of the molecule is O=C(Nc1ccc(F)cc1Cl)c1cn(C2CNC2)nn1. The highest BCUT2D eigenvalue weighted by molar-refractivity contribution is 6.33. The van der Waals surface area contributed by atoms with Crippen molar-refractivity contribution in [2.24, 2.45) is 0 Å². The number of amides is 1. The van der Waals surface area contributed by atoms with E-state index in [4.69, 9.17) is 11.6 Å². The van der Waals surface area contributed by atoms with Crippen molar-refractivity contribution in [3.05, 3.63) is 40.9 Å². The number of benzene rings is 1. The molecular formula is C12H11ClFN5O. The van der Waals surface area contributed by atoms with Crippen LogP contribution in [0.5, 0.6) is 0 Å². The van der Waals surface area contributed by atoms with Gasteiger partial charge < -0.3 is 10.6 Å². The molecule has 0 aliphatic carbocycles. The standard InChI is InChI=1S/C12H11ClFN5O/c13-9-3-7(14)1-2-10(9)16-12(20)11-6-19(18-17-11)8-4-15-5-8/h1-3,6,8,15H,4-5H2,(H,16,20). The molecule has 3 rings (SSSR count). The number of carbonyl (C=O) groups is 1. The van der Waals surface area contributed by atoms with E-state index in [1.54, 1.807) is 10.9 Å². The molecule has 2 heterocycles. The minimum absolute atomic E-state index is 0.133. The lowest BCUT2D eigenvalue weighted by atomic mass is 10.2. The number of anilines is 1. The summed E-state index contributed by atoms with van der Waals surface area (Å²) in [7, 11) is 0. The Morgan fingerprint density at radius 2 is 2.30 bits per heavy atom. The molecule has 0 bridgehead atoms. The van der Waals surface area contributed by atoms with Crippen molar-refractivity contribution in [2.75, 3.05) is 18.4 Å². The Kier molecular flexibility index (Phi) is 3.37. The van der Waals surface area contributed by atoms with Gasteiger partial charge in [-0.15, -0.1) is 5.10 Å². The van der Waals surface area contributed by atoms with E-state index in [0.29, 0.717) is 5.69 Å². The molecule has 1 aliphatic rings. The fourth-order valence-electron chi connectivity index (χ4n) is 1.80. The van der Waals surface area contributed by atoms with Crippen LogP contribution in [0.1, 0.15) is 16.5 Å². The first kappa shape index (κ1) is 13.0. The second-order valence-electron chi connectivity index (χ2n) is 4.47. The molecule has 0 atom stereocenters. The summed E-state index contributed by atoms with van der Waals surface area (Å²) < 4.78 is 14.6. The van der Waals surface area contributed by atoms with Crippen LogP contribution in [0, 0.1) is 5.82 Å². The minimum Gasteiger partial charge on any atom is -0.319 e. The lowest BCUT2D eigenvalue weighted by Crippen LogP contribution is -2.43. The molecule has 1 saturated heterocycles. The zero-order chi connectivity index (χ0) is 14.1. The summed E-state index contributed by atoms with van der Waals surface area (Å²) in [5.41, 5.74) is 0.523. The molecule has 20 heavy (non-hydrogen) atoms. The van der Waals surface area contributed by atoms with Crippen molar-refractivity contribution in [1.82, 2.24) is 20.3 Å². The third kappa shape index (κ3) is 2.50. The Balaban J connectivity index is 1.73. The monoisotopic (exact) mass is 295 g/mol. The zero-order valence-electron chi connectivity index (χ0n) is 10.3. The fraction of sp³-hybridized carbons (Fsp3) is 0.250. The van der Waals surface area contributed by atoms with E-state index in [1.165, 1.54) is 12.1 Å². The van der Waals surface area contributed by atoms with E-state index in [0.717, 1.165) is 19.2 Å². The Labute approximate surface area is 118 Å². The third-order valence-corrected chi connectivity index (χ3v) is 3.37. The van der Waals surface area contributed by atoms with E-state index < -0.39 is 11.7 Å². The number of carbonyl (C=O) groups excluding carboxylic acids is 1. The first-order chi connectivity index (χ1) is 9.63. The number of nitrogens with zero attached hydrogens (tertiary/aromatic N) is 3. The van der Waals surface area contributed by atoms with E-state index in [9.17, 15) is 9.18 Å². The van der Waals surface area contributed by atoms with Crippen molar-refractivity contribution in [3.8, 4) is 0 Å². The molecule has 1 aliphatic heterocycles. The van der Waals surface area contributed by atoms with Crippen molar-refractivity contribution in [1.29, 1.82) is 0 Å². The molecule has 2 N–H and O–H groups in total. The lowest BCUT2D eigenvalue weighted by molar-refractivity contribution is 0.102. The second kappa shape index (κ2) is 5.18. The van der Waals surface area contributed by atoms with Crippen molar-refractivity contribution in [3.63, 3.8) is 0 Å². The van der Waals surface area contributed by atoms with Gasteiger partial charge in [0.25, 0.3) is 5.91 Å². The lowest BCUT2D eigenvalue weighted by Gasteiger charge is -2.26. The maximum absolute atomic E-state index is 12.9. The topological polar surface area (TPSA) is 71.8 Å². The number of hydrogen-bond acceptors (Lipinski definition) is 4. The molecule has 0 radical (unpaired) electrons. The molecule has 8 heteroatoms. The first-order valence-corrected chi connectivity index (χ1v) is 6.40. The van der Waals surface area contributed by atoms with Crippen LogP contribution in [0.25, 0.3) is 0 Å². The summed E-state index contributed by atoms with van der Waals surface area (Å²) in [6.45, 7) is 1.63. The fourth-order valence-corrected chi connectivity index (χ4v) is 2.01. The van der Waals surface area contributed by atoms with Crippen molar-refractivity contribution >= 4 is 23.2 Å². The molecular weight excluding hydrogens is 285 g/mol. The Bertz CT molecular complexity index is 655. The molecule has 1 aromatic carbocycles. The zero-order valence-corrected chi connectivity index (χ0v) is 11.1. The maximum Gasteiger partial charge on any atom is 0.277 e. The van der Waals surface area contributed by atoms with Crippen LogP contribution in [-0.4, -0.2) is 34.0 Å². The third-order valence-electron chi connectivity index (χ3n) is 3.06. The van der Waals surface area contributed by atoms with Crippen molar-refractivity contribution < 1.29 is 9.18 Å². The molecule has 0 spiro atoms. The smallest absolute Gasteiger partial charge is 0.277 e. The predicted molar refractivity (Wildman–Crippen MR) is 71.3 cm³/mol. The van der Waals surface area contributed by atoms with Gasteiger partial charge in [0.1, 0.15) is 5.82 Å². The Morgan fingerprint density at radius 3 is 2.95 bits per heavy atom. The van der Waals surface area contributed by atoms with Gasteiger partial charge in [-0.25, -0.2) is 9.07 Å². The Morgan fingerprint density at radius 1 is 1.50 bits per heavy atom. The Hall–Kier alpha value is -1.99. The van der Waals surface area contributed by atoms with Gasteiger partial charge in [-0.2, -0.15) is 0 Å². The van der Waals surface area contributed by atoms with Crippen LogP contribution in [-0.2, 0) is 0 Å². The highest BCUT2D eigenvalue weighted by Crippen LogP contribution is 2.22. The van der Waals surface area contributed by atoms with Crippen LogP contribution < -0.4 is 10.6 Å². The van der Waals surface area contributed by atoms with E-state index in [1.807, 2.05) is 0 Å². The maximum atomic E-state index is 12.9. The highest BCUT2D eigenvalue weighted by atomic mass is 35.5. The molecule has 1 aromatic heterocycles. The predicted octanol–water partition coefficient (Wildman–Crippen LogP) is 1.47. The van der Waals surface area contributed by atoms with Gasteiger partial charge in [-0.05, 0) is 18.2 Å². The van der Waals surface area contributed by atoms with Gasteiger partial charge in [0.05, 0.1) is 22.9 Å². The average molecular weight is 296 g/mol. The number of halogens is 2. The summed E-state index contributed by atoms with van der Waals surface area (Å²) in [5.74, 6) is -0.895. The summed E-state index contributed by atoms with van der Waals surface area (Å²) in [5, 5.41) is 13.5. The van der Waals surface area contributed by atoms with Crippen LogP contribution in [0.3, 0.4) is 0 Å². The largest absolute Gasteiger partial charge is 0.319 e. The summed E-state index contributed by atoms with van der Waals surface area (Å²) in [6, 6.07) is 3.99. The molecule has 1 amide bonds. The van der Waals surface area contributed by atoms with Crippen LogP contribution in [0.4, 0.5) is 10.1 Å². The van der Waals surface area contributed by atoms with Crippen LogP contribution >= 0.6 is 11.6 Å². The average Bonchev–Trinajstić information content (AvgIpc) is 2.80. The molecule has 2 aromatic rings. The molecule has 1 fully saturated rings.